The first-order valence-electron chi connectivity index (χ1n) is 2.50. The zero-order chi connectivity index (χ0) is 9.12. The van der Waals surface area contributed by atoms with Crippen LogP contribution in [0.2, 0.25) is 0 Å². The van der Waals surface area contributed by atoms with Crippen molar-refractivity contribution in [3.05, 3.63) is 0 Å². The van der Waals surface area contributed by atoms with Crippen LogP contribution >= 0.6 is 0 Å². The van der Waals surface area contributed by atoms with Crippen molar-refractivity contribution in [2.24, 2.45) is 0 Å². The van der Waals surface area contributed by atoms with Crippen LogP contribution in [-0.4, -0.2) is 40.7 Å². The minimum absolute atomic E-state index is 0.734. The molecule has 0 aliphatic carbocycles. The summed E-state index contributed by atoms with van der Waals surface area (Å²) in [7, 11) is -7.10. The summed E-state index contributed by atoms with van der Waals surface area (Å²) >= 11 is 0. The molecule has 0 aliphatic rings. The van der Waals surface area contributed by atoms with Crippen molar-refractivity contribution in [2.45, 2.75) is 0 Å². The molecule has 0 aromatic heterocycles. The molecule has 0 heterocycles. The first-order valence-corrected chi connectivity index (χ1v) is 5.69. The summed E-state index contributed by atoms with van der Waals surface area (Å²) in [5.41, 5.74) is -0.734. The van der Waals surface area contributed by atoms with Gasteiger partial charge in [-0.3, -0.25) is 8.74 Å². The van der Waals surface area contributed by atoms with E-state index >= 15 is 0 Å². The molecule has 0 spiro atoms. The summed E-state index contributed by atoms with van der Waals surface area (Å²) in [6, 6.07) is 0. The van der Waals surface area contributed by atoms with E-state index in [1.54, 1.807) is 0 Å². The summed E-state index contributed by atoms with van der Waals surface area (Å²) in [6.45, 7) is -0.844. The summed E-state index contributed by atoms with van der Waals surface area (Å²) in [5, 5.41) is 0. The van der Waals surface area contributed by atoms with Crippen LogP contribution < -0.4 is 0 Å². The fraction of sp³-hybridized carbons (Fsp3) is 1.00. The molecular formula is C2H7BO6S2. The number of hydrogen-bond acceptors (Lipinski definition) is 5. The third-order valence-corrected chi connectivity index (χ3v) is 3.04. The average Bonchev–Trinajstić information content (AvgIpc) is 1.83. The quantitative estimate of drug-likeness (QED) is 0.326. The van der Waals surface area contributed by atoms with Gasteiger partial charge >= 0.3 is 6.56 Å². The first-order chi connectivity index (χ1) is 4.77. The van der Waals surface area contributed by atoms with E-state index in [1.807, 2.05) is 0 Å². The summed E-state index contributed by atoms with van der Waals surface area (Å²) in [4.78, 5) is 0. The SMILES string of the molecule is COS(=O)(=O)CBS(=O)(=O)O. The van der Waals surface area contributed by atoms with Gasteiger partial charge < -0.3 is 0 Å². The molecule has 0 saturated carbocycles. The minimum Gasteiger partial charge on any atom is -0.295 e. The first kappa shape index (κ1) is 10.9. The summed E-state index contributed by atoms with van der Waals surface area (Å²) in [6.07, 6.45) is 0. The molecule has 0 atom stereocenters. The van der Waals surface area contributed by atoms with E-state index in [0.717, 1.165) is 7.11 Å². The third-order valence-electron chi connectivity index (χ3n) is 0.845. The Labute approximate surface area is 65.6 Å². The lowest BCUT2D eigenvalue weighted by Gasteiger charge is -1.96. The van der Waals surface area contributed by atoms with Gasteiger partial charge in [0.05, 0.1) is 12.8 Å². The van der Waals surface area contributed by atoms with Gasteiger partial charge in [-0.05, 0) is 0 Å². The highest BCUT2D eigenvalue weighted by atomic mass is 32.2. The average molecular weight is 202 g/mol. The Hall–Kier alpha value is -0.115. The van der Waals surface area contributed by atoms with Gasteiger partial charge in [-0.25, -0.2) is 16.8 Å². The van der Waals surface area contributed by atoms with Crippen molar-refractivity contribution < 1.29 is 25.6 Å². The van der Waals surface area contributed by atoms with Gasteiger partial charge in [-0.2, -0.15) is 0 Å². The van der Waals surface area contributed by atoms with Gasteiger partial charge in [0, 0.05) is 0 Å². The Morgan fingerprint density at radius 2 is 1.82 bits per heavy atom. The fourth-order valence-electron chi connectivity index (χ4n) is 0.291. The molecule has 9 heteroatoms. The monoisotopic (exact) mass is 202 g/mol. The van der Waals surface area contributed by atoms with Crippen LogP contribution in [0.25, 0.3) is 0 Å². The van der Waals surface area contributed by atoms with Crippen molar-refractivity contribution in [2.75, 3.05) is 12.8 Å². The van der Waals surface area contributed by atoms with Gasteiger partial charge in [0.1, 0.15) is 0 Å². The van der Waals surface area contributed by atoms with Crippen molar-refractivity contribution in [3.8, 4) is 0 Å². The van der Waals surface area contributed by atoms with E-state index in [9.17, 15) is 16.8 Å². The predicted octanol–water partition coefficient (Wildman–Crippen LogP) is -1.84. The van der Waals surface area contributed by atoms with Gasteiger partial charge in [-0.1, -0.05) is 0 Å². The van der Waals surface area contributed by atoms with E-state index in [-0.39, 0.29) is 0 Å². The van der Waals surface area contributed by atoms with Crippen LogP contribution in [0.5, 0.6) is 0 Å². The van der Waals surface area contributed by atoms with Crippen molar-refractivity contribution in [1.82, 2.24) is 0 Å². The van der Waals surface area contributed by atoms with Crippen LogP contribution in [0.15, 0.2) is 0 Å². The zero-order valence-electron chi connectivity index (χ0n) is 5.72. The van der Waals surface area contributed by atoms with Crippen molar-refractivity contribution >= 4 is 26.6 Å². The third kappa shape index (κ3) is 6.29. The lowest BCUT2D eigenvalue weighted by molar-refractivity contribution is 0.401. The van der Waals surface area contributed by atoms with Crippen LogP contribution in [-0.2, 0) is 24.3 Å². The Balaban J connectivity index is 4.13. The normalized spacial score (nSPS) is 12.9. The molecule has 11 heavy (non-hydrogen) atoms. The van der Waals surface area contributed by atoms with Gasteiger partial charge in [0.25, 0.3) is 10.1 Å². The molecule has 66 valence electrons. The molecule has 0 aromatic carbocycles. The van der Waals surface area contributed by atoms with Gasteiger partial charge in [-0.15, -0.1) is 0 Å². The number of rotatable bonds is 4. The van der Waals surface area contributed by atoms with Crippen molar-refractivity contribution in [1.29, 1.82) is 0 Å². The second kappa shape index (κ2) is 3.52. The molecule has 1 N–H and O–H groups in total. The molecule has 0 aromatic rings. The van der Waals surface area contributed by atoms with Crippen LogP contribution in [0.1, 0.15) is 0 Å². The molecule has 0 unspecified atom stereocenters. The highest BCUT2D eigenvalue weighted by Crippen LogP contribution is 1.90. The Morgan fingerprint density at radius 3 is 2.09 bits per heavy atom. The Bertz CT molecular complexity index is 299. The molecule has 0 radical (unpaired) electrons. The van der Waals surface area contributed by atoms with Gasteiger partial charge in [0.15, 0.2) is 0 Å². The highest BCUT2D eigenvalue weighted by Gasteiger charge is 2.17. The summed E-state index contributed by atoms with van der Waals surface area (Å²) in [5.74, 6) is 0. The lowest BCUT2D eigenvalue weighted by Crippen LogP contribution is -2.20. The van der Waals surface area contributed by atoms with Gasteiger partial charge in [0.2, 0.25) is 9.97 Å². The van der Waals surface area contributed by atoms with Crippen molar-refractivity contribution in [3.63, 3.8) is 0 Å². The molecule has 0 aliphatic heterocycles. The molecule has 0 saturated heterocycles. The molecule has 0 amide bonds. The van der Waals surface area contributed by atoms with Crippen LogP contribution in [0.4, 0.5) is 0 Å². The minimum atomic E-state index is -4.23. The highest BCUT2D eigenvalue weighted by molar-refractivity contribution is 8.12. The Morgan fingerprint density at radius 1 is 1.36 bits per heavy atom. The largest absolute Gasteiger partial charge is 0.326 e. The second-order valence-electron chi connectivity index (χ2n) is 1.71. The summed E-state index contributed by atoms with van der Waals surface area (Å²) < 4.78 is 53.0. The van der Waals surface area contributed by atoms with Crippen LogP contribution in [0, 0.1) is 0 Å². The van der Waals surface area contributed by atoms with E-state index in [0.29, 0.717) is 0 Å². The van der Waals surface area contributed by atoms with E-state index in [1.165, 1.54) is 0 Å². The molecule has 0 bridgehead atoms. The maximum Gasteiger partial charge on any atom is 0.326 e. The van der Waals surface area contributed by atoms with E-state index in [2.05, 4.69) is 4.18 Å². The zero-order valence-corrected chi connectivity index (χ0v) is 7.35. The fourth-order valence-corrected chi connectivity index (χ4v) is 2.12. The molecule has 6 nitrogen and oxygen atoms in total. The van der Waals surface area contributed by atoms with Crippen LogP contribution in [0.3, 0.4) is 0 Å². The maximum atomic E-state index is 10.4. The second-order valence-corrected chi connectivity index (χ2v) is 5.14. The smallest absolute Gasteiger partial charge is 0.295 e. The topological polar surface area (TPSA) is 97.7 Å². The Kier molecular flexibility index (Phi) is 3.49. The molecule has 0 rings (SSSR count). The molecular weight excluding hydrogens is 195 g/mol. The number of hydrogen-bond donors (Lipinski definition) is 1. The lowest BCUT2D eigenvalue weighted by atomic mass is 10.2. The maximum absolute atomic E-state index is 10.4. The predicted molar refractivity (Wildman–Crippen MR) is 39.5 cm³/mol. The van der Waals surface area contributed by atoms with E-state index < -0.39 is 32.3 Å². The standard InChI is InChI=1S/C2H7BO6S2/c1-9-10(4,5)2-3-11(6,7)8/h3H,2H2,1H3,(H,6,7,8). The van der Waals surface area contributed by atoms with E-state index in [4.69, 9.17) is 4.55 Å². The molecule has 0 fully saturated rings.